The summed E-state index contributed by atoms with van der Waals surface area (Å²) in [5.74, 6) is 0. The fourth-order valence-electron chi connectivity index (χ4n) is 1.75. The van der Waals surface area contributed by atoms with Crippen LogP contribution in [0.1, 0.15) is 25.7 Å². The molecular formula is C7H10N2. The molecule has 1 N–H and O–H groups in total. The second kappa shape index (κ2) is 1.48. The highest BCUT2D eigenvalue weighted by Gasteiger charge is 2.54. The van der Waals surface area contributed by atoms with Gasteiger partial charge in [0.15, 0.2) is 0 Å². The van der Waals surface area contributed by atoms with Gasteiger partial charge in [0.2, 0.25) is 0 Å². The molecular weight excluding hydrogens is 112 g/mol. The van der Waals surface area contributed by atoms with Crippen LogP contribution in [-0.4, -0.2) is 11.6 Å². The lowest BCUT2D eigenvalue weighted by Crippen LogP contribution is -2.17. The van der Waals surface area contributed by atoms with Gasteiger partial charge in [0.05, 0.1) is 6.07 Å². The normalized spacial score (nSPS) is 47.2. The van der Waals surface area contributed by atoms with E-state index in [0.717, 1.165) is 6.42 Å². The largest absolute Gasteiger partial charge is 0.292 e. The van der Waals surface area contributed by atoms with Crippen LogP contribution in [0.3, 0.4) is 0 Å². The van der Waals surface area contributed by atoms with Crippen molar-refractivity contribution in [1.29, 1.82) is 5.26 Å². The topological polar surface area (TPSA) is 45.7 Å². The first-order valence-corrected chi connectivity index (χ1v) is 3.56. The molecule has 2 aliphatic rings. The molecule has 2 fully saturated rings. The van der Waals surface area contributed by atoms with E-state index in [9.17, 15) is 0 Å². The SMILES string of the molecule is N#CC12CCCCC1N2. The third kappa shape index (κ3) is 0.585. The number of nitriles is 1. The molecule has 1 aliphatic carbocycles. The maximum absolute atomic E-state index is 8.68. The fourth-order valence-corrected chi connectivity index (χ4v) is 1.75. The molecule has 2 heteroatoms. The summed E-state index contributed by atoms with van der Waals surface area (Å²) in [5, 5.41) is 11.9. The van der Waals surface area contributed by atoms with Crippen LogP contribution in [0.15, 0.2) is 0 Å². The van der Waals surface area contributed by atoms with Crippen molar-refractivity contribution in [2.75, 3.05) is 0 Å². The van der Waals surface area contributed by atoms with Crippen LogP contribution < -0.4 is 5.32 Å². The van der Waals surface area contributed by atoms with Gasteiger partial charge in [0, 0.05) is 6.04 Å². The van der Waals surface area contributed by atoms with Gasteiger partial charge in [-0.1, -0.05) is 12.8 Å². The van der Waals surface area contributed by atoms with Crippen LogP contribution >= 0.6 is 0 Å². The van der Waals surface area contributed by atoms with Crippen molar-refractivity contribution in [3.63, 3.8) is 0 Å². The Morgan fingerprint density at radius 3 is 3.00 bits per heavy atom. The van der Waals surface area contributed by atoms with Crippen molar-refractivity contribution in [2.45, 2.75) is 37.3 Å². The number of fused-ring (bicyclic) bond motifs is 1. The van der Waals surface area contributed by atoms with Crippen LogP contribution in [0, 0.1) is 11.3 Å². The van der Waals surface area contributed by atoms with Crippen LogP contribution in [0.5, 0.6) is 0 Å². The molecule has 0 radical (unpaired) electrons. The van der Waals surface area contributed by atoms with E-state index in [1.165, 1.54) is 19.3 Å². The Bertz CT molecular complexity index is 170. The monoisotopic (exact) mass is 122 g/mol. The average molecular weight is 122 g/mol. The summed E-state index contributed by atoms with van der Waals surface area (Å²) in [6.07, 6.45) is 4.83. The Kier molecular flexibility index (Phi) is 0.866. The Morgan fingerprint density at radius 1 is 1.56 bits per heavy atom. The number of rotatable bonds is 0. The van der Waals surface area contributed by atoms with E-state index in [4.69, 9.17) is 5.26 Å². The van der Waals surface area contributed by atoms with Crippen LogP contribution in [0.4, 0.5) is 0 Å². The van der Waals surface area contributed by atoms with Gasteiger partial charge in [0.1, 0.15) is 5.54 Å². The Balaban J connectivity index is 2.11. The summed E-state index contributed by atoms with van der Waals surface area (Å²) in [4.78, 5) is 0. The lowest BCUT2D eigenvalue weighted by molar-refractivity contribution is 0.519. The minimum atomic E-state index is -0.0573. The van der Waals surface area contributed by atoms with Crippen molar-refractivity contribution in [2.24, 2.45) is 0 Å². The maximum atomic E-state index is 8.68. The molecule has 0 aromatic rings. The van der Waals surface area contributed by atoms with E-state index in [1.807, 2.05) is 0 Å². The zero-order valence-corrected chi connectivity index (χ0v) is 5.35. The van der Waals surface area contributed by atoms with E-state index in [1.54, 1.807) is 0 Å². The summed E-state index contributed by atoms with van der Waals surface area (Å²) in [5.41, 5.74) is -0.0573. The Labute approximate surface area is 54.9 Å². The fraction of sp³-hybridized carbons (Fsp3) is 0.857. The summed E-state index contributed by atoms with van der Waals surface area (Å²) < 4.78 is 0. The number of hydrogen-bond donors (Lipinski definition) is 1. The molecule has 1 saturated heterocycles. The van der Waals surface area contributed by atoms with Gasteiger partial charge in [-0.15, -0.1) is 0 Å². The molecule has 1 aliphatic heterocycles. The van der Waals surface area contributed by atoms with Crippen molar-refractivity contribution < 1.29 is 0 Å². The van der Waals surface area contributed by atoms with Gasteiger partial charge in [-0.25, -0.2) is 0 Å². The maximum Gasteiger partial charge on any atom is 0.122 e. The summed E-state index contributed by atoms with van der Waals surface area (Å²) in [6.45, 7) is 0. The first-order valence-electron chi connectivity index (χ1n) is 3.56. The van der Waals surface area contributed by atoms with E-state index in [-0.39, 0.29) is 5.54 Å². The molecule has 2 nitrogen and oxygen atoms in total. The summed E-state index contributed by atoms with van der Waals surface area (Å²) in [6, 6.07) is 2.90. The number of nitrogens with one attached hydrogen (secondary N) is 1. The standard InChI is InChI=1S/C7H10N2/c8-5-7-4-2-1-3-6(7)9-7/h6,9H,1-4H2. The average Bonchev–Trinajstić information content (AvgIpc) is 2.62. The Morgan fingerprint density at radius 2 is 2.44 bits per heavy atom. The minimum absolute atomic E-state index is 0.0573. The van der Waals surface area contributed by atoms with E-state index in [2.05, 4.69) is 11.4 Å². The molecule has 2 rings (SSSR count). The third-order valence-corrected chi connectivity index (χ3v) is 2.46. The van der Waals surface area contributed by atoms with E-state index < -0.39 is 0 Å². The van der Waals surface area contributed by atoms with Crippen LogP contribution in [-0.2, 0) is 0 Å². The molecule has 1 heterocycles. The van der Waals surface area contributed by atoms with Crippen molar-refractivity contribution in [3.05, 3.63) is 0 Å². The molecule has 2 atom stereocenters. The van der Waals surface area contributed by atoms with Gasteiger partial charge in [0.25, 0.3) is 0 Å². The molecule has 48 valence electrons. The zero-order valence-electron chi connectivity index (χ0n) is 5.35. The molecule has 0 bridgehead atoms. The molecule has 1 saturated carbocycles. The third-order valence-electron chi connectivity index (χ3n) is 2.46. The Hall–Kier alpha value is -0.550. The zero-order chi connectivity index (χ0) is 6.32. The molecule has 0 aromatic heterocycles. The van der Waals surface area contributed by atoms with E-state index >= 15 is 0 Å². The van der Waals surface area contributed by atoms with Crippen LogP contribution in [0.25, 0.3) is 0 Å². The molecule has 0 amide bonds. The highest BCUT2D eigenvalue weighted by atomic mass is 15.2. The first kappa shape index (κ1) is 5.25. The highest BCUT2D eigenvalue weighted by Crippen LogP contribution is 2.39. The van der Waals surface area contributed by atoms with Gasteiger partial charge in [-0.2, -0.15) is 5.26 Å². The minimum Gasteiger partial charge on any atom is -0.292 e. The van der Waals surface area contributed by atoms with Gasteiger partial charge < -0.3 is 0 Å². The number of nitrogens with zero attached hydrogens (tertiary/aromatic N) is 1. The lowest BCUT2D eigenvalue weighted by atomic mass is 9.90. The van der Waals surface area contributed by atoms with Gasteiger partial charge in [-0.05, 0) is 12.8 Å². The first-order chi connectivity index (χ1) is 4.37. The highest BCUT2D eigenvalue weighted by molar-refractivity contribution is 5.28. The lowest BCUT2D eigenvalue weighted by Gasteiger charge is -2.10. The second-order valence-electron chi connectivity index (χ2n) is 3.03. The molecule has 2 unspecified atom stereocenters. The van der Waals surface area contributed by atoms with Gasteiger partial charge in [-0.3, -0.25) is 5.32 Å². The molecule has 0 aromatic carbocycles. The van der Waals surface area contributed by atoms with Crippen molar-refractivity contribution >= 4 is 0 Å². The molecule has 9 heavy (non-hydrogen) atoms. The summed E-state index contributed by atoms with van der Waals surface area (Å²) in [7, 11) is 0. The second-order valence-corrected chi connectivity index (χ2v) is 3.03. The van der Waals surface area contributed by atoms with E-state index in [0.29, 0.717) is 6.04 Å². The number of hydrogen-bond acceptors (Lipinski definition) is 2. The van der Waals surface area contributed by atoms with Crippen LogP contribution in [0.2, 0.25) is 0 Å². The smallest absolute Gasteiger partial charge is 0.122 e. The van der Waals surface area contributed by atoms with Crippen molar-refractivity contribution in [1.82, 2.24) is 5.32 Å². The predicted octanol–water partition coefficient (Wildman–Crippen LogP) is 0.795. The summed E-state index contributed by atoms with van der Waals surface area (Å²) >= 11 is 0. The van der Waals surface area contributed by atoms with Gasteiger partial charge >= 0.3 is 0 Å². The van der Waals surface area contributed by atoms with Crippen molar-refractivity contribution in [3.8, 4) is 6.07 Å². The molecule has 0 spiro atoms. The quantitative estimate of drug-likeness (QED) is 0.483. The predicted molar refractivity (Wildman–Crippen MR) is 33.7 cm³/mol.